The molecule has 2 rings (SSSR count). The minimum absolute atomic E-state index is 0.0942. The second kappa shape index (κ2) is 6.19. The van der Waals surface area contributed by atoms with Crippen molar-refractivity contribution in [2.45, 2.75) is 13.0 Å². The summed E-state index contributed by atoms with van der Waals surface area (Å²) in [5, 5.41) is 3.72. The summed E-state index contributed by atoms with van der Waals surface area (Å²) >= 11 is 6.99. The molecule has 1 aromatic carbocycles. The van der Waals surface area contributed by atoms with E-state index in [1.807, 2.05) is 6.92 Å². The number of anilines is 1. The van der Waals surface area contributed by atoms with Crippen LogP contribution in [0.3, 0.4) is 0 Å². The molecule has 0 fully saturated rings. The number of halogens is 2. The molecule has 1 aromatic heterocycles. The second-order valence-corrected chi connectivity index (χ2v) is 5.41. The van der Waals surface area contributed by atoms with Crippen molar-refractivity contribution in [3.05, 3.63) is 45.7 Å². The highest BCUT2D eigenvalue weighted by Gasteiger charge is 2.18. The molecular weight excluding hydrogens is 303 g/mol. The van der Waals surface area contributed by atoms with Gasteiger partial charge in [-0.05, 0) is 24.6 Å². The highest BCUT2D eigenvalue weighted by Crippen LogP contribution is 2.30. The Bertz CT molecular complexity index is 615. The summed E-state index contributed by atoms with van der Waals surface area (Å²) in [4.78, 5) is 15.7. The van der Waals surface area contributed by atoms with E-state index in [1.54, 1.807) is 12.1 Å². The lowest BCUT2D eigenvalue weighted by atomic mass is 10.1. The largest absolute Gasteiger partial charge is 0.465 e. The van der Waals surface area contributed by atoms with Gasteiger partial charge in [0.15, 0.2) is 15.2 Å². The Balaban J connectivity index is 2.13. The topological polar surface area (TPSA) is 51.2 Å². The highest BCUT2D eigenvalue weighted by molar-refractivity contribution is 7.18. The fourth-order valence-electron chi connectivity index (χ4n) is 1.60. The molecule has 0 saturated heterocycles. The summed E-state index contributed by atoms with van der Waals surface area (Å²) < 4.78 is 17.5. The van der Waals surface area contributed by atoms with Gasteiger partial charge >= 0.3 is 5.97 Å². The standard InChI is InChI=1S/C13H12ClFN2O2S/c1-7(8-3-5-9(15)6-4-8)16-13-17-11(14)10(20-13)12(18)19-2/h3-7H,1-2H3,(H,16,17). The van der Waals surface area contributed by atoms with Gasteiger partial charge in [-0.15, -0.1) is 0 Å². The molecule has 0 aliphatic rings. The van der Waals surface area contributed by atoms with E-state index in [0.717, 1.165) is 16.9 Å². The molecule has 1 N–H and O–H groups in total. The summed E-state index contributed by atoms with van der Waals surface area (Å²) in [5.41, 5.74) is 0.900. The first-order valence-electron chi connectivity index (χ1n) is 5.78. The Morgan fingerprint density at radius 2 is 2.10 bits per heavy atom. The molecule has 0 bridgehead atoms. The molecule has 2 aromatic rings. The predicted octanol–water partition coefficient (Wildman–Crippen LogP) is 3.90. The van der Waals surface area contributed by atoms with E-state index in [-0.39, 0.29) is 21.9 Å². The number of carbonyl (C=O) groups is 1. The van der Waals surface area contributed by atoms with Crippen LogP contribution >= 0.6 is 22.9 Å². The van der Waals surface area contributed by atoms with E-state index in [4.69, 9.17) is 11.6 Å². The van der Waals surface area contributed by atoms with Crippen molar-refractivity contribution >= 4 is 34.0 Å². The monoisotopic (exact) mass is 314 g/mol. The first kappa shape index (κ1) is 14.7. The van der Waals surface area contributed by atoms with Crippen LogP contribution in [0.4, 0.5) is 9.52 Å². The molecule has 0 spiro atoms. The lowest BCUT2D eigenvalue weighted by Gasteiger charge is -2.12. The summed E-state index contributed by atoms with van der Waals surface area (Å²) in [7, 11) is 1.28. The molecule has 1 atom stereocenters. The number of esters is 1. The van der Waals surface area contributed by atoms with Crippen LogP contribution in [-0.4, -0.2) is 18.1 Å². The molecule has 0 aliphatic heterocycles. The summed E-state index contributed by atoms with van der Waals surface area (Å²) in [6.45, 7) is 1.90. The first-order valence-corrected chi connectivity index (χ1v) is 6.97. The normalized spacial score (nSPS) is 12.0. The summed E-state index contributed by atoms with van der Waals surface area (Å²) in [5.74, 6) is -0.804. The average Bonchev–Trinajstić information content (AvgIpc) is 2.79. The number of nitrogens with zero attached hydrogens (tertiary/aromatic N) is 1. The molecule has 0 aliphatic carbocycles. The molecular formula is C13H12ClFN2O2S. The molecule has 20 heavy (non-hydrogen) atoms. The highest BCUT2D eigenvalue weighted by atomic mass is 35.5. The molecule has 1 unspecified atom stereocenters. The van der Waals surface area contributed by atoms with Crippen molar-refractivity contribution in [1.29, 1.82) is 0 Å². The minimum Gasteiger partial charge on any atom is -0.465 e. The number of hydrogen-bond acceptors (Lipinski definition) is 5. The lowest BCUT2D eigenvalue weighted by molar-refractivity contribution is 0.0606. The van der Waals surface area contributed by atoms with Gasteiger partial charge in [-0.1, -0.05) is 35.1 Å². The average molecular weight is 315 g/mol. The fourth-order valence-corrected chi connectivity index (χ4v) is 2.79. The third-order valence-corrected chi connectivity index (χ3v) is 4.02. The van der Waals surface area contributed by atoms with Gasteiger partial charge < -0.3 is 10.1 Å². The number of hydrogen-bond donors (Lipinski definition) is 1. The van der Waals surface area contributed by atoms with Crippen molar-refractivity contribution < 1.29 is 13.9 Å². The number of methoxy groups -OCH3 is 1. The van der Waals surface area contributed by atoms with Crippen molar-refractivity contribution in [2.24, 2.45) is 0 Å². The van der Waals surface area contributed by atoms with Gasteiger partial charge in [0.1, 0.15) is 5.82 Å². The predicted molar refractivity (Wildman–Crippen MR) is 76.9 cm³/mol. The quantitative estimate of drug-likeness (QED) is 0.870. The van der Waals surface area contributed by atoms with Crippen LogP contribution in [0.2, 0.25) is 5.15 Å². The van der Waals surface area contributed by atoms with Crippen LogP contribution in [0.15, 0.2) is 24.3 Å². The maximum Gasteiger partial charge on any atom is 0.351 e. The van der Waals surface area contributed by atoms with Crippen LogP contribution in [0.1, 0.15) is 28.2 Å². The van der Waals surface area contributed by atoms with Gasteiger partial charge in [-0.2, -0.15) is 0 Å². The molecule has 106 valence electrons. The number of carbonyl (C=O) groups excluding carboxylic acids is 1. The maximum atomic E-state index is 12.9. The maximum absolute atomic E-state index is 12.9. The fraction of sp³-hybridized carbons (Fsp3) is 0.231. The van der Waals surface area contributed by atoms with Crippen molar-refractivity contribution in [3.8, 4) is 0 Å². The number of ether oxygens (including phenoxy) is 1. The van der Waals surface area contributed by atoms with E-state index in [2.05, 4.69) is 15.0 Å². The van der Waals surface area contributed by atoms with Crippen LogP contribution in [0, 0.1) is 5.82 Å². The van der Waals surface area contributed by atoms with Gasteiger partial charge in [0.05, 0.1) is 13.2 Å². The Kier molecular flexibility index (Phi) is 4.57. The van der Waals surface area contributed by atoms with E-state index in [0.29, 0.717) is 5.13 Å². The summed E-state index contributed by atoms with van der Waals surface area (Å²) in [6, 6.07) is 6.06. The molecule has 0 saturated carbocycles. The van der Waals surface area contributed by atoms with Crippen molar-refractivity contribution in [1.82, 2.24) is 4.98 Å². The first-order chi connectivity index (χ1) is 9.51. The van der Waals surface area contributed by atoms with Gasteiger partial charge in [-0.3, -0.25) is 0 Å². The van der Waals surface area contributed by atoms with Crippen molar-refractivity contribution in [2.75, 3.05) is 12.4 Å². The third kappa shape index (κ3) is 3.26. The SMILES string of the molecule is COC(=O)c1sc(NC(C)c2ccc(F)cc2)nc1Cl. The molecule has 0 radical (unpaired) electrons. The van der Waals surface area contributed by atoms with Gasteiger partial charge in [0.2, 0.25) is 0 Å². The summed E-state index contributed by atoms with van der Waals surface area (Å²) in [6.07, 6.45) is 0. The zero-order valence-corrected chi connectivity index (χ0v) is 12.4. The Hall–Kier alpha value is -1.66. The zero-order chi connectivity index (χ0) is 14.7. The Morgan fingerprint density at radius 3 is 2.70 bits per heavy atom. The van der Waals surface area contributed by atoms with Crippen LogP contribution in [0.5, 0.6) is 0 Å². The van der Waals surface area contributed by atoms with Crippen LogP contribution in [0.25, 0.3) is 0 Å². The molecule has 7 heteroatoms. The number of nitrogens with one attached hydrogen (secondary N) is 1. The number of rotatable bonds is 4. The second-order valence-electron chi connectivity index (χ2n) is 4.05. The van der Waals surface area contributed by atoms with Gasteiger partial charge in [-0.25, -0.2) is 14.2 Å². The number of aromatic nitrogens is 1. The minimum atomic E-state index is -0.519. The van der Waals surface area contributed by atoms with Crippen molar-refractivity contribution in [3.63, 3.8) is 0 Å². The van der Waals surface area contributed by atoms with Gasteiger partial charge in [0, 0.05) is 0 Å². The van der Waals surface area contributed by atoms with Gasteiger partial charge in [0.25, 0.3) is 0 Å². The molecule has 4 nitrogen and oxygen atoms in total. The van der Waals surface area contributed by atoms with Crippen LogP contribution in [-0.2, 0) is 4.74 Å². The van der Waals surface area contributed by atoms with E-state index in [1.165, 1.54) is 19.2 Å². The molecule has 1 heterocycles. The van der Waals surface area contributed by atoms with Crippen LogP contribution < -0.4 is 5.32 Å². The smallest absolute Gasteiger partial charge is 0.351 e. The van der Waals surface area contributed by atoms with E-state index < -0.39 is 5.97 Å². The zero-order valence-electron chi connectivity index (χ0n) is 10.8. The van der Waals surface area contributed by atoms with E-state index >= 15 is 0 Å². The van der Waals surface area contributed by atoms with E-state index in [9.17, 15) is 9.18 Å². The third-order valence-electron chi connectivity index (χ3n) is 2.67. The number of thiazole rings is 1. The number of benzene rings is 1. The Morgan fingerprint density at radius 1 is 1.45 bits per heavy atom. The molecule has 0 amide bonds. The Labute approximate surface area is 124 Å². The lowest BCUT2D eigenvalue weighted by Crippen LogP contribution is -2.06.